The second-order valence-corrected chi connectivity index (χ2v) is 8.23. The average Bonchev–Trinajstić information content (AvgIpc) is 2.87. The van der Waals surface area contributed by atoms with Crippen LogP contribution in [0.4, 0.5) is 19.0 Å². The Balaban J connectivity index is 1.35. The highest BCUT2D eigenvalue weighted by Gasteiger charge is 2.54. The van der Waals surface area contributed by atoms with E-state index >= 15 is 0 Å². The van der Waals surface area contributed by atoms with E-state index in [1.165, 1.54) is 36.8 Å². The summed E-state index contributed by atoms with van der Waals surface area (Å²) in [6.45, 7) is 2.21. The van der Waals surface area contributed by atoms with Crippen molar-refractivity contribution in [1.82, 2.24) is 25.3 Å². The standard InChI is InChI=1S/C26H21F3N6/c1-17-12-20(4-10-31-17)23-13-19-3-11-32-24(22(19)16-33-23)34-14-18-2-7-25(35-15-18,26(27,28)29)21-5-8-30-9-6-21/h2-13,15-16,35H,14H2,1H3,(H,32,34). The SMILES string of the molecule is Cc1cc(-c2cc3ccnc(NCC4=CNC(c5ccncc5)(C(F)(F)F)C=C4)c3cn2)ccn1. The Labute approximate surface area is 199 Å². The fraction of sp³-hybridized carbons (Fsp3) is 0.154. The normalized spacial score (nSPS) is 17.7. The molecule has 1 unspecified atom stereocenters. The molecule has 35 heavy (non-hydrogen) atoms. The number of dihydropyridines is 1. The maximum absolute atomic E-state index is 14.0. The van der Waals surface area contributed by atoms with Crippen LogP contribution in [0.15, 0.2) is 91.3 Å². The van der Waals surface area contributed by atoms with Crippen molar-refractivity contribution in [3.63, 3.8) is 0 Å². The number of halogens is 3. The smallest absolute Gasteiger partial charge is 0.370 e. The molecule has 5 rings (SSSR count). The van der Waals surface area contributed by atoms with Crippen LogP contribution in [-0.2, 0) is 5.54 Å². The molecule has 4 aromatic rings. The molecule has 1 atom stereocenters. The Hall–Kier alpha value is -4.27. The second kappa shape index (κ2) is 8.83. The van der Waals surface area contributed by atoms with E-state index in [2.05, 4.69) is 30.6 Å². The maximum atomic E-state index is 14.0. The lowest BCUT2D eigenvalue weighted by atomic mass is 9.87. The number of hydrogen-bond acceptors (Lipinski definition) is 6. The van der Waals surface area contributed by atoms with Gasteiger partial charge in [0, 0.05) is 60.4 Å². The molecule has 0 spiro atoms. The van der Waals surface area contributed by atoms with Gasteiger partial charge in [0.05, 0.1) is 5.69 Å². The van der Waals surface area contributed by atoms with Gasteiger partial charge in [0.25, 0.3) is 0 Å². The van der Waals surface area contributed by atoms with Crippen molar-refractivity contribution >= 4 is 16.6 Å². The minimum atomic E-state index is -4.53. The van der Waals surface area contributed by atoms with Gasteiger partial charge < -0.3 is 10.6 Å². The minimum absolute atomic E-state index is 0.0708. The Kier molecular flexibility index (Phi) is 5.68. The number of aryl methyl sites for hydroxylation is 1. The van der Waals surface area contributed by atoms with E-state index < -0.39 is 11.7 Å². The van der Waals surface area contributed by atoms with Gasteiger partial charge in [0.2, 0.25) is 0 Å². The molecule has 6 nitrogen and oxygen atoms in total. The van der Waals surface area contributed by atoms with Crippen molar-refractivity contribution in [2.24, 2.45) is 0 Å². The van der Waals surface area contributed by atoms with Gasteiger partial charge in [0.1, 0.15) is 5.82 Å². The molecule has 0 saturated heterocycles. The van der Waals surface area contributed by atoms with E-state index in [1.807, 2.05) is 31.2 Å². The third-order valence-electron chi connectivity index (χ3n) is 5.92. The molecule has 0 fully saturated rings. The fourth-order valence-electron chi connectivity index (χ4n) is 4.04. The number of anilines is 1. The van der Waals surface area contributed by atoms with Gasteiger partial charge in [-0.15, -0.1) is 0 Å². The largest absolute Gasteiger partial charge is 0.419 e. The van der Waals surface area contributed by atoms with Crippen LogP contribution in [-0.4, -0.2) is 32.7 Å². The molecule has 1 aliphatic heterocycles. The van der Waals surface area contributed by atoms with Gasteiger partial charge in [-0.1, -0.05) is 6.08 Å². The molecule has 4 aromatic heterocycles. The topological polar surface area (TPSA) is 75.6 Å². The Bertz CT molecular complexity index is 1430. The Morgan fingerprint density at radius 2 is 1.77 bits per heavy atom. The number of nitrogens with zero attached hydrogens (tertiary/aromatic N) is 4. The molecule has 0 saturated carbocycles. The molecule has 1 aliphatic rings. The molecular weight excluding hydrogens is 453 g/mol. The lowest BCUT2D eigenvalue weighted by molar-refractivity contribution is -0.182. The first kappa shape index (κ1) is 22.5. The van der Waals surface area contributed by atoms with Gasteiger partial charge in [-0.2, -0.15) is 13.2 Å². The summed E-state index contributed by atoms with van der Waals surface area (Å²) in [6.07, 6.45) is 7.34. The number of alkyl halides is 3. The fourth-order valence-corrected chi connectivity index (χ4v) is 4.04. The van der Waals surface area contributed by atoms with Crippen molar-refractivity contribution in [1.29, 1.82) is 0 Å². The minimum Gasteiger partial charge on any atom is -0.370 e. The van der Waals surface area contributed by atoms with Gasteiger partial charge >= 0.3 is 6.18 Å². The summed E-state index contributed by atoms with van der Waals surface area (Å²) in [6, 6.07) is 10.5. The highest BCUT2D eigenvalue weighted by molar-refractivity contribution is 5.93. The summed E-state index contributed by atoms with van der Waals surface area (Å²) in [7, 11) is 0. The van der Waals surface area contributed by atoms with Gasteiger partial charge in [0.15, 0.2) is 5.54 Å². The van der Waals surface area contributed by atoms with E-state index in [1.54, 1.807) is 18.6 Å². The summed E-state index contributed by atoms with van der Waals surface area (Å²) in [4.78, 5) is 17.0. The second-order valence-electron chi connectivity index (χ2n) is 8.23. The van der Waals surface area contributed by atoms with Gasteiger partial charge in [-0.25, -0.2) is 4.98 Å². The first-order valence-corrected chi connectivity index (χ1v) is 10.9. The summed E-state index contributed by atoms with van der Waals surface area (Å²) in [5.41, 5.74) is 1.11. The molecule has 0 radical (unpaired) electrons. The third-order valence-corrected chi connectivity index (χ3v) is 5.92. The van der Waals surface area contributed by atoms with Crippen LogP contribution >= 0.6 is 0 Å². The molecule has 176 valence electrons. The molecule has 5 heterocycles. The van der Waals surface area contributed by atoms with Crippen molar-refractivity contribution in [2.75, 3.05) is 11.9 Å². The number of hydrogen-bond donors (Lipinski definition) is 2. The predicted molar refractivity (Wildman–Crippen MR) is 128 cm³/mol. The van der Waals surface area contributed by atoms with Crippen molar-refractivity contribution in [3.8, 4) is 11.3 Å². The van der Waals surface area contributed by atoms with E-state index in [-0.39, 0.29) is 12.1 Å². The zero-order valence-corrected chi connectivity index (χ0v) is 18.7. The third kappa shape index (κ3) is 4.32. The molecule has 0 aliphatic carbocycles. The van der Waals surface area contributed by atoms with Crippen LogP contribution in [0.3, 0.4) is 0 Å². The van der Waals surface area contributed by atoms with Gasteiger partial charge in [-0.3, -0.25) is 15.0 Å². The van der Waals surface area contributed by atoms with E-state index in [0.717, 1.165) is 33.8 Å². The van der Waals surface area contributed by atoms with Gasteiger partial charge in [-0.05, 0) is 65.9 Å². The monoisotopic (exact) mass is 474 g/mol. The highest BCUT2D eigenvalue weighted by atomic mass is 19.4. The van der Waals surface area contributed by atoms with Crippen molar-refractivity contribution < 1.29 is 13.2 Å². The summed E-state index contributed by atoms with van der Waals surface area (Å²) in [5.74, 6) is 0.601. The quantitative estimate of drug-likeness (QED) is 0.409. The first-order chi connectivity index (χ1) is 16.9. The first-order valence-electron chi connectivity index (χ1n) is 10.9. The van der Waals surface area contributed by atoms with Crippen LogP contribution < -0.4 is 10.6 Å². The number of nitrogens with one attached hydrogen (secondary N) is 2. The number of aromatic nitrogens is 4. The van der Waals surface area contributed by atoms with Crippen molar-refractivity contribution in [3.05, 3.63) is 103 Å². The molecule has 9 heteroatoms. The molecule has 0 bridgehead atoms. The van der Waals surface area contributed by atoms with Crippen LogP contribution in [0, 0.1) is 6.92 Å². The van der Waals surface area contributed by atoms with E-state index in [9.17, 15) is 13.2 Å². The van der Waals surface area contributed by atoms with Crippen LogP contribution in [0.5, 0.6) is 0 Å². The lowest BCUT2D eigenvalue weighted by Crippen LogP contribution is -2.51. The average molecular weight is 474 g/mol. The Morgan fingerprint density at radius 3 is 2.49 bits per heavy atom. The van der Waals surface area contributed by atoms with Crippen LogP contribution in [0.25, 0.3) is 22.0 Å². The molecule has 0 aromatic carbocycles. The number of pyridine rings is 4. The molecule has 2 N–H and O–H groups in total. The summed E-state index contributed by atoms with van der Waals surface area (Å²) < 4.78 is 42.0. The number of rotatable bonds is 5. The predicted octanol–water partition coefficient (Wildman–Crippen LogP) is 5.31. The van der Waals surface area contributed by atoms with Crippen LogP contribution in [0.1, 0.15) is 11.3 Å². The summed E-state index contributed by atoms with van der Waals surface area (Å²) in [5, 5.41) is 7.55. The zero-order chi connectivity index (χ0) is 24.5. The summed E-state index contributed by atoms with van der Waals surface area (Å²) >= 11 is 0. The van der Waals surface area contributed by atoms with E-state index in [4.69, 9.17) is 0 Å². The van der Waals surface area contributed by atoms with Crippen molar-refractivity contribution in [2.45, 2.75) is 18.6 Å². The Morgan fingerprint density at radius 1 is 0.971 bits per heavy atom. The molecule has 0 amide bonds. The highest BCUT2D eigenvalue weighted by Crippen LogP contribution is 2.41. The number of fused-ring (bicyclic) bond motifs is 1. The maximum Gasteiger partial charge on any atom is 0.419 e. The van der Waals surface area contributed by atoms with E-state index in [0.29, 0.717) is 11.4 Å². The molecular formula is C26H21F3N6. The lowest BCUT2D eigenvalue weighted by Gasteiger charge is -2.36. The van der Waals surface area contributed by atoms with Crippen LogP contribution in [0.2, 0.25) is 0 Å². The zero-order valence-electron chi connectivity index (χ0n) is 18.7.